The molecule has 4 rings (SSSR count). The average molecular weight is 453 g/mol. The van der Waals surface area contributed by atoms with Crippen molar-refractivity contribution in [1.82, 2.24) is 10.1 Å². The third-order valence-electron chi connectivity index (χ3n) is 5.64. The fourth-order valence-electron chi connectivity index (χ4n) is 3.91. The predicted octanol–water partition coefficient (Wildman–Crippen LogP) is 4.19. The van der Waals surface area contributed by atoms with E-state index >= 15 is 0 Å². The third kappa shape index (κ3) is 5.28. The quantitative estimate of drug-likeness (QED) is 0.481. The summed E-state index contributed by atoms with van der Waals surface area (Å²) in [6.45, 7) is 1.47. The Kier molecular flexibility index (Phi) is 7.14. The van der Waals surface area contributed by atoms with Gasteiger partial charge in [0.2, 0.25) is 0 Å². The highest BCUT2D eigenvalue weighted by Gasteiger charge is 2.25. The van der Waals surface area contributed by atoms with Gasteiger partial charge in [-0.15, -0.1) is 0 Å². The molecule has 2 aromatic carbocycles. The molecule has 0 saturated carbocycles. The van der Waals surface area contributed by atoms with E-state index in [9.17, 15) is 4.79 Å². The first-order valence-corrected chi connectivity index (χ1v) is 10.8. The minimum absolute atomic E-state index is 0.00408. The van der Waals surface area contributed by atoms with Gasteiger partial charge >= 0.3 is 0 Å². The Morgan fingerprint density at radius 2 is 1.88 bits per heavy atom. The van der Waals surface area contributed by atoms with Gasteiger partial charge in [-0.25, -0.2) is 0 Å². The van der Waals surface area contributed by atoms with Crippen molar-refractivity contribution in [3.63, 3.8) is 0 Å². The smallest absolute Gasteiger partial charge is 0.254 e. The fourth-order valence-corrected chi connectivity index (χ4v) is 3.91. The summed E-state index contributed by atoms with van der Waals surface area (Å²) in [6.07, 6.45) is 1.92. The number of hydrogen-bond donors (Lipinski definition) is 0. The Bertz CT molecular complexity index is 1090. The summed E-state index contributed by atoms with van der Waals surface area (Å²) in [5.41, 5.74) is 1.90. The second-order valence-electron chi connectivity index (χ2n) is 7.80. The first kappa shape index (κ1) is 22.7. The number of benzene rings is 2. The van der Waals surface area contributed by atoms with E-state index in [0.717, 1.165) is 25.0 Å². The van der Waals surface area contributed by atoms with E-state index < -0.39 is 0 Å². The van der Waals surface area contributed by atoms with E-state index in [2.05, 4.69) is 5.16 Å². The number of carbonyl (C=O) groups is 1. The summed E-state index contributed by atoms with van der Waals surface area (Å²) < 4.78 is 27.5. The molecule has 8 heteroatoms. The summed E-state index contributed by atoms with van der Waals surface area (Å²) in [5.74, 6) is 2.37. The molecule has 0 bridgehead atoms. The molecule has 1 aromatic heterocycles. The lowest BCUT2D eigenvalue weighted by Gasteiger charge is -2.25. The molecule has 1 aliphatic heterocycles. The van der Waals surface area contributed by atoms with Crippen molar-refractivity contribution in [2.75, 3.05) is 34.5 Å². The van der Waals surface area contributed by atoms with Crippen LogP contribution >= 0.6 is 0 Å². The minimum atomic E-state index is -0.118. The van der Waals surface area contributed by atoms with Gasteiger partial charge in [0, 0.05) is 24.8 Å². The van der Waals surface area contributed by atoms with Crippen LogP contribution in [0.4, 0.5) is 0 Å². The SMILES string of the molecule is COc1cccc(C(=O)N(Cc2cc(-c3cc(OC)ccc3OC)on2)C[C@H]2CCCO2)c1. The average Bonchev–Trinajstić information content (AvgIpc) is 3.55. The van der Waals surface area contributed by atoms with Crippen LogP contribution in [0.2, 0.25) is 0 Å². The summed E-state index contributed by atoms with van der Waals surface area (Å²) in [4.78, 5) is 15.1. The van der Waals surface area contributed by atoms with Crippen LogP contribution in [-0.2, 0) is 11.3 Å². The normalized spacial score (nSPS) is 15.3. The van der Waals surface area contributed by atoms with Gasteiger partial charge in [-0.05, 0) is 49.2 Å². The lowest BCUT2D eigenvalue weighted by atomic mass is 10.1. The predicted molar refractivity (Wildman–Crippen MR) is 122 cm³/mol. The number of carbonyl (C=O) groups excluding carboxylic acids is 1. The maximum Gasteiger partial charge on any atom is 0.254 e. The van der Waals surface area contributed by atoms with Crippen LogP contribution in [0, 0.1) is 0 Å². The molecule has 2 heterocycles. The van der Waals surface area contributed by atoms with Gasteiger partial charge < -0.3 is 28.4 Å². The Balaban J connectivity index is 1.59. The Hall–Kier alpha value is -3.52. The molecule has 3 aromatic rings. The monoisotopic (exact) mass is 452 g/mol. The van der Waals surface area contributed by atoms with E-state index in [0.29, 0.717) is 40.8 Å². The zero-order valence-corrected chi connectivity index (χ0v) is 19.1. The van der Waals surface area contributed by atoms with E-state index in [1.54, 1.807) is 44.4 Å². The van der Waals surface area contributed by atoms with E-state index in [1.807, 2.05) is 30.3 Å². The molecular weight excluding hydrogens is 424 g/mol. The highest BCUT2D eigenvalue weighted by Crippen LogP contribution is 2.34. The van der Waals surface area contributed by atoms with Crippen molar-refractivity contribution in [1.29, 1.82) is 0 Å². The molecule has 174 valence electrons. The first-order chi connectivity index (χ1) is 16.1. The number of ether oxygens (including phenoxy) is 4. The number of nitrogens with zero attached hydrogens (tertiary/aromatic N) is 2. The van der Waals surface area contributed by atoms with Crippen molar-refractivity contribution in [3.05, 3.63) is 59.8 Å². The van der Waals surface area contributed by atoms with Crippen LogP contribution in [0.25, 0.3) is 11.3 Å². The zero-order valence-electron chi connectivity index (χ0n) is 19.1. The molecule has 1 fully saturated rings. The molecule has 0 aliphatic carbocycles. The van der Waals surface area contributed by atoms with Gasteiger partial charge in [-0.3, -0.25) is 4.79 Å². The van der Waals surface area contributed by atoms with Crippen LogP contribution in [0.15, 0.2) is 53.1 Å². The topological polar surface area (TPSA) is 83.3 Å². The molecule has 1 amide bonds. The molecule has 0 spiro atoms. The number of methoxy groups -OCH3 is 3. The fraction of sp³-hybridized carbons (Fsp3) is 0.360. The largest absolute Gasteiger partial charge is 0.497 e. The van der Waals surface area contributed by atoms with Crippen molar-refractivity contribution in [2.24, 2.45) is 0 Å². The van der Waals surface area contributed by atoms with E-state index in [1.165, 1.54) is 0 Å². The maximum absolute atomic E-state index is 13.4. The number of amides is 1. The highest BCUT2D eigenvalue weighted by molar-refractivity contribution is 5.94. The van der Waals surface area contributed by atoms with Gasteiger partial charge in [0.1, 0.15) is 22.9 Å². The maximum atomic E-state index is 13.4. The Morgan fingerprint density at radius 1 is 1.06 bits per heavy atom. The molecule has 1 saturated heterocycles. The van der Waals surface area contributed by atoms with Crippen LogP contribution in [0.5, 0.6) is 17.2 Å². The molecular formula is C25H28N2O6. The van der Waals surface area contributed by atoms with Crippen LogP contribution < -0.4 is 14.2 Å². The van der Waals surface area contributed by atoms with Crippen LogP contribution in [-0.4, -0.2) is 56.5 Å². The zero-order chi connectivity index (χ0) is 23.2. The lowest BCUT2D eigenvalue weighted by molar-refractivity contribution is 0.0502. The second kappa shape index (κ2) is 10.4. The van der Waals surface area contributed by atoms with Gasteiger partial charge in [-0.1, -0.05) is 11.2 Å². The molecule has 0 radical (unpaired) electrons. The summed E-state index contributed by atoms with van der Waals surface area (Å²) in [6, 6.07) is 14.4. The second-order valence-corrected chi connectivity index (χ2v) is 7.80. The van der Waals surface area contributed by atoms with E-state index in [4.69, 9.17) is 23.5 Å². The number of hydrogen-bond acceptors (Lipinski definition) is 7. The molecule has 1 aliphatic rings. The van der Waals surface area contributed by atoms with Gasteiger partial charge in [-0.2, -0.15) is 0 Å². The van der Waals surface area contributed by atoms with E-state index in [-0.39, 0.29) is 18.6 Å². The van der Waals surface area contributed by atoms with Gasteiger partial charge in [0.05, 0.1) is 39.5 Å². The molecule has 33 heavy (non-hydrogen) atoms. The van der Waals surface area contributed by atoms with Crippen LogP contribution in [0.3, 0.4) is 0 Å². The van der Waals surface area contributed by atoms with Crippen molar-refractivity contribution in [2.45, 2.75) is 25.5 Å². The lowest BCUT2D eigenvalue weighted by Crippen LogP contribution is -2.37. The van der Waals surface area contributed by atoms with Crippen molar-refractivity contribution >= 4 is 5.91 Å². The van der Waals surface area contributed by atoms with Crippen molar-refractivity contribution < 1.29 is 28.3 Å². The van der Waals surface area contributed by atoms with Crippen LogP contribution in [0.1, 0.15) is 28.9 Å². The molecule has 1 atom stereocenters. The van der Waals surface area contributed by atoms with Crippen molar-refractivity contribution in [3.8, 4) is 28.6 Å². The van der Waals surface area contributed by atoms with Gasteiger partial charge in [0.15, 0.2) is 5.76 Å². The molecule has 0 unspecified atom stereocenters. The summed E-state index contributed by atoms with van der Waals surface area (Å²) in [5, 5.41) is 4.22. The highest BCUT2D eigenvalue weighted by atomic mass is 16.5. The third-order valence-corrected chi connectivity index (χ3v) is 5.64. The standard InChI is InChI=1S/C25H28N2O6/c1-29-19-7-4-6-17(12-19)25(28)27(16-21-8-5-11-32-21)15-18-13-24(33-26-18)22-14-20(30-2)9-10-23(22)31-3/h4,6-7,9-10,12-14,21H,5,8,11,15-16H2,1-3H3/t21-/m1/s1. The number of aromatic nitrogens is 1. The first-order valence-electron chi connectivity index (χ1n) is 10.8. The Morgan fingerprint density at radius 3 is 2.61 bits per heavy atom. The summed E-state index contributed by atoms with van der Waals surface area (Å²) in [7, 11) is 4.78. The molecule has 0 N–H and O–H groups in total. The molecule has 8 nitrogen and oxygen atoms in total. The Labute approximate surface area is 193 Å². The number of rotatable bonds is 9. The minimum Gasteiger partial charge on any atom is -0.497 e. The summed E-state index contributed by atoms with van der Waals surface area (Å²) >= 11 is 0. The van der Waals surface area contributed by atoms with Gasteiger partial charge in [0.25, 0.3) is 5.91 Å².